The quantitative estimate of drug-likeness (QED) is 0.783. The Labute approximate surface area is 150 Å². The third-order valence-electron chi connectivity index (χ3n) is 4.92. The van der Waals surface area contributed by atoms with Gasteiger partial charge in [-0.3, -0.25) is 9.20 Å². The van der Waals surface area contributed by atoms with E-state index in [1.807, 2.05) is 28.8 Å². The van der Waals surface area contributed by atoms with Crippen molar-refractivity contribution in [2.45, 2.75) is 18.8 Å². The number of phenols is 1. The smallest absolute Gasteiger partial charge is 0.257 e. The summed E-state index contributed by atoms with van der Waals surface area (Å²) in [6.45, 7) is 1.24. The second kappa shape index (κ2) is 6.67. The largest absolute Gasteiger partial charge is 0.507 e. The zero-order chi connectivity index (χ0) is 18.1. The van der Waals surface area contributed by atoms with Gasteiger partial charge in [-0.2, -0.15) is 0 Å². The molecule has 1 amide bonds. The summed E-state index contributed by atoms with van der Waals surface area (Å²) in [5.41, 5.74) is 1.14. The maximum atomic E-state index is 12.7. The normalized spacial score (nSPS) is 15.3. The molecule has 0 spiro atoms. The number of fused-ring (bicyclic) bond motifs is 1. The Balaban J connectivity index is 1.47. The van der Waals surface area contributed by atoms with Crippen molar-refractivity contribution >= 4 is 11.6 Å². The standard InChI is InChI=1S/C19H20N4O3/c1-26-14-5-6-15(16(24)12-14)19(25)22-10-7-13(8-11-22)18-21-20-17-4-2-3-9-23(17)18/h2-6,9,12-13,24H,7-8,10-11H2,1H3. The molecule has 1 aromatic carbocycles. The Bertz CT molecular complexity index is 945. The van der Waals surface area contributed by atoms with Crippen LogP contribution in [0, 0.1) is 0 Å². The van der Waals surface area contributed by atoms with Crippen molar-refractivity contribution in [3.63, 3.8) is 0 Å². The Hall–Kier alpha value is -3.09. The minimum absolute atomic E-state index is 0.0556. The fraction of sp³-hybridized carbons (Fsp3) is 0.316. The van der Waals surface area contributed by atoms with Crippen LogP contribution in [0.25, 0.3) is 5.65 Å². The van der Waals surface area contributed by atoms with Gasteiger partial charge in [0.25, 0.3) is 5.91 Å². The number of phenolic OH excluding ortho intramolecular Hbond substituents is 1. The number of hydrogen-bond acceptors (Lipinski definition) is 5. The molecule has 0 atom stereocenters. The van der Waals surface area contributed by atoms with Gasteiger partial charge in [-0.25, -0.2) is 0 Å². The van der Waals surface area contributed by atoms with Gasteiger partial charge < -0.3 is 14.7 Å². The third-order valence-corrected chi connectivity index (χ3v) is 4.92. The molecule has 0 bridgehead atoms. The molecule has 1 aliphatic rings. The fourth-order valence-corrected chi connectivity index (χ4v) is 3.47. The second-order valence-electron chi connectivity index (χ2n) is 6.44. The van der Waals surface area contributed by atoms with Crippen LogP contribution in [0.4, 0.5) is 0 Å². The number of aromatic hydroxyl groups is 1. The van der Waals surface area contributed by atoms with Crippen molar-refractivity contribution in [1.29, 1.82) is 0 Å². The van der Waals surface area contributed by atoms with Crippen molar-refractivity contribution < 1.29 is 14.6 Å². The first-order chi connectivity index (χ1) is 12.7. The van der Waals surface area contributed by atoms with E-state index in [0.717, 1.165) is 24.3 Å². The van der Waals surface area contributed by atoms with Crippen LogP contribution in [0.1, 0.15) is 34.9 Å². The molecule has 1 saturated heterocycles. The van der Waals surface area contributed by atoms with Crippen LogP contribution in [0.2, 0.25) is 0 Å². The van der Waals surface area contributed by atoms with E-state index < -0.39 is 0 Å². The SMILES string of the molecule is COc1ccc(C(=O)N2CCC(c3nnc4ccccn34)CC2)c(O)c1. The number of rotatable bonds is 3. The van der Waals surface area contributed by atoms with Gasteiger partial charge in [0.05, 0.1) is 12.7 Å². The number of aromatic nitrogens is 3. The predicted octanol–water partition coefficient (Wildman–Crippen LogP) is 2.46. The van der Waals surface area contributed by atoms with E-state index in [1.54, 1.807) is 17.0 Å². The van der Waals surface area contributed by atoms with Gasteiger partial charge in [-0.1, -0.05) is 6.07 Å². The summed E-state index contributed by atoms with van der Waals surface area (Å²) >= 11 is 0. The minimum atomic E-state index is -0.158. The predicted molar refractivity (Wildman–Crippen MR) is 95.5 cm³/mol. The van der Waals surface area contributed by atoms with Crippen LogP contribution in [0.3, 0.4) is 0 Å². The molecule has 0 unspecified atom stereocenters. The number of hydrogen-bond donors (Lipinski definition) is 1. The Morgan fingerprint density at radius 1 is 1.19 bits per heavy atom. The summed E-state index contributed by atoms with van der Waals surface area (Å²) in [6, 6.07) is 10.6. The van der Waals surface area contributed by atoms with Crippen LogP contribution in [-0.2, 0) is 0 Å². The van der Waals surface area contributed by atoms with Gasteiger partial charge in [-0.15, -0.1) is 10.2 Å². The molecule has 1 aliphatic heterocycles. The van der Waals surface area contributed by atoms with Crippen LogP contribution < -0.4 is 4.74 Å². The van der Waals surface area contributed by atoms with Crippen molar-refractivity contribution in [3.8, 4) is 11.5 Å². The summed E-state index contributed by atoms with van der Waals surface area (Å²) < 4.78 is 7.08. The van der Waals surface area contributed by atoms with Crippen molar-refractivity contribution in [3.05, 3.63) is 54.0 Å². The average Bonchev–Trinajstić information content (AvgIpc) is 3.11. The van der Waals surface area contributed by atoms with Crippen LogP contribution in [0.5, 0.6) is 11.5 Å². The van der Waals surface area contributed by atoms with E-state index in [1.165, 1.54) is 13.2 Å². The fourth-order valence-electron chi connectivity index (χ4n) is 3.47. The lowest BCUT2D eigenvalue weighted by atomic mass is 9.95. The van der Waals surface area contributed by atoms with Crippen molar-refractivity contribution in [2.75, 3.05) is 20.2 Å². The highest BCUT2D eigenvalue weighted by molar-refractivity contribution is 5.97. The number of ether oxygens (including phenoxy) is 1. The van der Waals surface area contributed by atoms with Crippen LogP contribution >= 0.6 is 0 Å². The molecule has 2 aromatic heterocycles. The lowest BCUT2D eigenvalue weighted by Crippen LogP contribution is -2.38. The van der Waals surface area contributed by atoms with E-state index in [-0.39, 0.29) is 17.6 Å². The maximum Gasteiger partial charge on any atom is 0.257 e. The zero-order valence-corrected chi connectivity index (χ0v) is 14.5. The number of methoxy groups -OCH3 is 1. The first kappa shape index (κ1) is 16.4. The Kier molecular flexibility index (Phi) is 4.20. The second-order valence-corrected chi connectivity index (χ2v) is 6.44. The number of carbonyl (C=O) groups excluding carboxylic acids is 1. The molecule has 3 aromatic rings. The van der Waals surface area contributed by atoms with Crippen molar-refractivity contribution in [1.82, 2.24) is 19.5 Å². The van der Waals surface area contributed by atoms with Gasteiger partial charge >= 0.3 is 0 Å². The van der Waals surface area contributed by atoms with E-state index in [2.05, 4.69) is 10.2 Å². The maximum absolute atomic E-state index is 12.7. The number of carbonyl (C=O) groups is 1. The van der Waals surface area contributed by atoms with E-state index in [4.69, 9.17) is 4.74 Å². The van der Waals surface area contributed by atoms with Crippen LogP contribution in [0.15, 0.2) is 42.6 Å². The highest BCUT2D eigenvalue weighted by atomic mass is 16.5. The molecule has 0 aliphatic carbocycles. The average molecular weight is 352 g/mol. The van der Waals surface area contributed by atoms with Crippen molar-refractivity contribution in [2.24, 2.45) is 0 Å². The third kappa shape index (κ3) is 2.85. The molecule has 26 heavy (non-hydrogen) atoms. The molecule has 1 N–H and O–H groups in total. The zero-order valence-electron chi connectivity index (χ0n) is 14.5. The highest BCUT2D eigenvalue weighted by Crippen LogP contribution is 2.30. The number of amides is 1. The molecule has 134 valence electrons. The lowest BCUT2D eigenvalue weighted by molar-refractivity contribution is 0.0708. The first-order valence-corrected chi connectivity index (χ1v) is 8.63. The highest BCUT2D eigenvalue weighted by Gasteiger charge is 2.28. The number of piperidine rings is 1. The summed E-state index contributed by atoms with van der Waals surface area (Å²) in [7, 11) is 1.52. The molecular weight excluding hydrogens is 332 g/mol. The van der Waals surface area contributed by atoms with E-state index >= 15 is 0 Å². The topological polar surface area (TPSA) is 80.0 Å². The summed E-state index contributed by atoms with van der Waals surface area (Å²) in [5.74, 6) is 1.52. The number of nitrogens with zero attached hydrogens (tertiary/aromatic N) is 4. The van der Waals surface area contributed by atoms with Gasteiger partial charge in [0.1, 0.15) is 17.3 Å². The molecule has 4 rings (SSSR count). The molecule has 7 heteroatoms. The number of benzene rings is 1. The number of likely N-dealkylation sites (tertiary alicyclic amines) is 1. The Morgan fingerprint density at radius 3 is 2.73 bits per heavy atom. The van der Waals surface area contributed by atoms with Gasteiger partial charge in [-0.05, 0) is 37.1 Å². The summed E-state index contributed by atoms with van der Waals surface area (Å²) in [6.07, 6.45) is 3.61. The molecule has 7 nitrogen and oxygen atoms in total. The van der Waals surface area contributed by atoms with Gasteiger partial charge in [0, 0.05) is 31.3 Å². The molecule has 0 radical (unpaired) electrons. The summed E-state index contributed by atoms with van der Waals surface area (Å²) in [4.78, 5) is 14.5. The van der Waals surface area contributed by atoms with Crippen LogP contribution in [-0.4, -0.2) is 50.7 Å². The first-order valence-electron chi connectivity index (χ1n) is 8.63. The monoisotopic (exact) mass is 352 g/mol. The molecule has 1 fully saturated rings. The Morgan fingerprint density at radius 2 is 2.00 bits per heavy atom. The minimum Gasteiger partial charge on any atom is -0.507 e. The number of pyridine rings is 1. The molecule has 3 heterocycles. The van der Waals surface area contributed by atoms with E-state index in [9.17, 15) is 9.90 Å². The molecular formula is C19H20N4O3. The lowest BCUT2D eigenvalue weighted by Gasteiger charge is -2.31. The summed E-state index contributed by atoms with van der Waals surface area (Å²) in [5, 5.41) is 18.6. The van der Waals surface area contributed by atoms with Gasteiger partial charge in [0.2, 0.25) is 0 Å². The van der Waals surface area contributed by atoms with E-state index in [0.29, 0.717) is 24.4 Å². The molecule has 0 saturated carbocycles. The van der Waals surface area contributed by atoms with Gasteiger partial charge in [0.15, 0.2) is 5.65 Å².